The fourth-order valence-electron chi connectivity index (χ4n) is 2.89. The highest BCUT2D eigenvalue weighted by Crippen LogP contribution is 2.24. The van der Waals surface area contributed by atoms with Gasteiger partial charge in [0.05, 0.1) is 0 Å². The molecular weight excluding hydrogens is 254 g/mol. The van der Waals surface area contributed by atoms with Crippen LogP contribution in [0.2, 0.25) is 0 Å². The van der Waals surface area contributed by atoms with Crippen molar-refractivity contribution < 1.29 is 0 Å². The van der Waals surface area contributed by atoms with Gasteiger partial charge in [-0.25, -0.2) is 0 Å². The van der Waals surface area contributed by atoms with Crippen LogP contribution < -0.4 is 5.32 Å². The first-order chi connectivity index (χ1) is 10.3. The minimum atomic E-state index is 0.568. The van der Waals surface area contributed by atoms with Gasteiger partial charge >= 0.3 is 0 Å². The largest absolute Gasteiger partial charge is 0.313 e. The van der Waals surface area contributed by atoms with Gasteiger partial charge in [-0.3, -0.25) is 0 Å². The highest BCUT2D eigenvalue weighted by atomic mass is 14.9. The quantitative estimate of drug-likeness (QED) is 0.795. The lowest BCUT2D eigenvalue weighted by molar-refractivity contribution is 0.577. The van der Waals surface area contributed by atoms with Crippen molar-refractivity contribution in [3.63, 3.8) is 0 Å². The minimum Gasteiger partial charge on any atom is -0.313 e. The first-order valence-electron chi connectivity index (χ1n) is 8.21. The number of rotatable bonds is 7. The molecule has 1 saturated carbocycles. The second-order valence-electron chi connectivity index (χ2n) is 6.17. The third-order valence-corrected chi connectivity index (χ3v) is 4.38. The Balaban J connectivity index is 1.73. The summed E-state index contributed by atoms with van der Waals surface area (Å²) in [5.41, 5.74) is 4.35. The van der Waals surface area contributed by atoms with Crippen molar-refractivity contribution in [1.29, 1.82) is 0 Å². The van der Waals surface area contributed by atoms with Crippen LogP contribution in [0.15, 0.2) is 54.6 Å². The molecule has 0 amide bonds. The molecule has 0 heterocycles. The van der Waals surface area contributed by atoms with Gasteiger partial charge in [-0.15, -0.1) is 0 Å². The maximum atomic E-state index is 3.70. The Kier molecular flexibility index (Phi) is 4.72. The second-order valence-corrected chi connectivity index (χ2v) is 6.17. The molecule has 110 valence electrons. The Labute approximate surface area is 128 Å². The summed E-state index contributed by atoms with van der Waals surface area (Å²) in [6.45, 7) is 3.31. The molecule has 1 aliphatic rings. The van der Waals surface area contributed by atoms with Crippen LogP contribution >= 0.6 is 0 Å². The fourth-order valence-corrected chi connectivity index (χ4v) is 2.89. The van der Waals surface area contributed by atoms with Crippen LogP contribution in [0.25, 0.3) is 0 Å². The zero-order valence-electron chi connectivity index (χ0n) is 12.9. The lowest BCUT2D eigenvalue weighted by Gasteiger charge is -2.19. The molecule has 0 saturated heterocycles. The van der Waals surface area contributed by atoms with E-state index >= 15 is 0 Å². The van der Waals surface area contributed by atoms with Gasteiger partial charge in [-0.1, -0.05) is 61.5 Å². The molecule has 1 nitrogen and oxygen atoms in total. The molecule has 2 aromatic rings. The molecule has 3 rings (SSSR count). The predicted octanol–water partition coefficient (Wildman–Crippen LogP) is 4.33. The Morgan fingerprint density at radius 3 is 2.48 bits per heavy atom. The lowest BCUT2D eigenvalue weighted by atomic mass is 9.91. The first kappa shape index (κ1) is 14.3. The molecule has 1 unspecified atom stereocenters. The fraction of sp³-hybridized carbons (Fsp3) is 0.400. The van der Waals surface area contributed by atoms with Gasteiger partial charge in [-0.2, -0.15) is 0 Å². The van der Waals surface area contributed by atoms with Crippen LogP contribution in [-0.2, 0) is 12.8 Å². The molecule has 0 bridgehead atoms. The summed E-state index contributed by atoms with van der Waals surface area (Å²) in [5, 5.41) is 3.70. The van der Waals surface area contributed by atoms with Gasteiger partial charge in [-0.05, 0) is 42.4 Å². The summed E-state index contributed by atoms with van der Waals surface area (Å²) >= 11 is 0. The van der Waals surface area contributed by atoms with E-state index in [-0.39, 0.29) is 0 Å². The Morgan fingerprint density at radius 2 is 1.76 bits per heavy atom. The van der Waals surface area contributed by atoms with Gasteiger partial charge < -0.3 is 5.32 Å². The monoisotopic (exact) mass is 279 g/mol. The van der Waals surface area contributed by atoms with E-state index in [1.165, 1.54) is 29.5 Å². The Hall–Kier alpha value is -1.60. The van der Waals surface area contributed by atoms with Crippen LogP contribution in [0.3, 0.4) is 0 Å². The van der Waals surface area contributed by atoms with Crippen molar-refractivity contribution in [3.8, 4) is 0 Å². The van der Waals surface area contributed by atoms with Gasteiger partial charge in [0.15, 0.2) is 0 Å². The molecule has 0 radical (unpaired) electrons. The average Bonchev–Trinajstić information content (AvgIpc) is 3.37. The van der Waals surface area contributed by atoms with E-state index in [1.807, 2.05) is 0 Å². The molecule has 1 atom stereocenters. The molecule has 1 fully saturated rings. The second kappa shape index (κ2) is 6.91. The number of benzene rings is 2. The molecular formula is C20H25N. The van der Waals surface area contributed by atoms with Crippen molar-refractivity contribution in [2.75, 3.05) is 6.54 Å². The standard InChI is InChI=1S/C20H25N/c1-2-16-7-6-8-17(13-16)14-19(15-21-20-11-12-20)18-9-4-3-5-10-18/h3-10,13,19-21H,2,11-12,14-15H2,1H3. The molecule has 2 aromatic carbocycles. The lowest BCUT2D eigenvalue weighted by Crippen LogP contribution is -2.24. The van der Waals surface area contributed by atoms with E-state index in [0.717, 1.165) is 25.4 Å². The first-order valence-corrected chi connectivity index (χ1v) is 8.21. The molecule has 0 aliphatic heterocycles. The molecule has 1 aliphatic carbocycles. The van der Waals surface area contributed by atoms with Crippen molar-refractivity contribution >= 4 is 0 Å². The zero-order valence-corrected chi connectivity index (χ0v) is 12.9. The predicted molar refractivity (Wildman–Crippen MR) is 89.7 cm³/mol. The summed E-state index contributed by atoms with van der Waals surface area (Å²) in [5.74, 6) is 0.568. The number of hydrogen-bond acceptors (Lipinski definition) is 1. The highest BCUT2D eigenvalue weighted by molar-refractivity contribution is 5.28. The minimum absolute atomic E-state index is 0.568. The highest BCUT2D eigenvalue weighted by Gasteiger charge is 2.22. The van der Waals surface area contributed by atoms with Crippen LogP contribution in [0, 0.1) is 0 Å². The van der Waals surface area contributed by atoms with Gasteiger partial charge in [0.2, 0.25) is 0 Å². The van der Waals surface area contributed by atoms with Crippen molar-refractivity contribution in [1.82, 2.24) is 5.32 Å². The third-order valence-electron chi connectivity index (χ3n) is 4.38. The molecule has 1 N–H and O–H groups in total. The Bertz CT molecular complexity index is 557. The van der Waals surface area contributed by atoms with E-state index in [0.29, 0.717) is 5.92 Å². The van der Waals surface area contributed by atoms with Crippen molar-refractivity contribution in [2.24, 2.45) is 0 Å². The molecule has 21 heavy (non-hydrogen) atoms. The van der Waals surface area contributed by atoms with E-state index in [9.17, 15) is 0 Å². The van der Waals surface area contributed by atoms with E-state index in [4.69, 9.17) is 0 Å². The average molecular weight is 279 g/mol. The summed E-state index contributed by atoms with van der Waals surface area (Å²) in [7, 11) is 0. The number of hydrogen-bond donors (Lipinski definition) is 1. The van der Waals surface area contributed by atoms with Crippen LogP contribution in [0.1, 0.15) is 42.4 Å². The van der Waals surface area contributed by atoms with Crippen LogP contribution in [0.5, 0.6) is 0 Å². The summed E-state index contributed by atoms with van der Waals surface area (Å²) in [6.07, 6.45) is 4.95. The molecule has 0 spiro atoms. The molecule has 1 heteroatoms. The zero-order chi connectivity index (χ0) is 14.5. The van der Waals surface area contributed by atoms with E-state index in [1.54, 1.807) is 0 Å². The van der Waals surface area contributed by atoms with Gasteiger partial charge in [0.1, 0.15) is 0 Å². The van der Waals surface area contributed by atoms with E-state index in [2.05, 4.69) is 66.8 Å². The van der Waals surface area contributed by atoms with Crippen LogP contribution in [0.4, 0.5) is 0 Å². The van der Waals surface area contributed by atoms with Gasteiger partial charge in [0, 0.05) is 18.5 Å². The van der Waals surface area contributed by atoms with Crippen molar-refractivity contribution in [2.45, 2.75) is 44.6 Å². The van der Waals surface area contributed by atoms with Crippen LogP contribution in [-0.4, -0.2) is 12.6 Å². The Morgan fingerprint density at radius 1 is 1.00 bits per heavy atom. The summed E-state index contributed by atoms with van der Waals surface area (Å²) < 4.78 is 0. The number of nitrogens with one attached hydrogen (secondary N) is 1. The third kappa shape index (κ3) is 4.18. The normalized spacial score (nSPS) is 15.9. The molecule has 0 aromatic heterocycles. The summed E-state index contributed by atoms with van der Waals surface area (Å²) in [6, 6.07) is 20.8. The van der Waals surface area contributed by atoms with Crippen molar-refractivity contribution in [3.05, 3.63) is 71.3 Å². The van der Waals surface area contributed by atoms with E-state index < -0.39 is 0 Å². The SMILES string of the molecule is CCc1cccc(CC(CNC2CC2)c2ccccc2)c1. The maximum absolute atomic E-state index is 3.70. The smallest absolute Gasteiger partial charge is 0.00684 e. The maximum Gasteiger partial charge on any atom is 0.00684 e. The topological polar surface area (TPSA) is 12.0 Å². The summed E-state index contributed by atoms with van der Waals surface area (Å²) in [4.78, 5) is 0. The van der Waals surface area contributed by atoms with Gasteiger partial charge in [0.25, 0.3) is 0 Å². The number of aryl methyl sites for hydroxylation is 1.